The Labute approximate surface area is 144 Å². The molecule has 1 amide bonds. The number of aliphatic hydroxyl groups excluding tert-OH is 1. The molecule has 0 radical (unpaired) electrons. The summed E-state index contributed by atoms with van der Waals surface area (Å²) >= 11 is 5.84. The van der Waals surface area contributed by atoms with Gasteiger partial charge in [-0.3, -0.25) is 4.79 Å². The van der Waals surface area contributed by atoms with E-state index in [4.69, 9.17) is 16.1 Å². The Kier molecular flexibility index (Phi) is 4.83. The fourth-order valence-corrected chi connectivity index (χ4v) is 2.68. The second-order valence-corrected chi connectivity index (χ2v) is 6.09. The van der Waals surface area contributed by atoms with Crippen LogP contribution < -0.4 is 5.32 Å². The lowest BCUT2D eigenvalue weighted by molar-refractivity contribution is -0.121. The number of aliphatic hydroxyl groups is 1. The molecule has 124 valence electrons. The van der Waals surface area contributed by atoms with Crippen LogP contribution in [-0.2, 0) is 11.2 Å². The van der Waals surface area contributed by atoms with E-state index in [0.717, 1.165) is 5.39 Å². The molecule has 24 heavy (non-hydrogen) atoms. The second kappa shape index (κ2) is 7.03. The fraction of sp³-hybridized carbons (Fsp3) is 0.222. The van der Waals surface area contributed by atoms with Crippen LogP contribution in [0, 0.1) is 0 Å². The maximum absolute atomic E-state index is 12.2. The van der Waals surface area contributed by atoms with Gasteiger partial charge in [-0.15, -0.1) is 0 Å². The van der Waals surface area contributed by atoms with Crippen molar-refractivity contribution < 1.29 is 14.4 Å². The number of rotatable bonds is 5. The predicted octanol–water partition coefficient (Wildman–Crippen LogP) is 3.26. The highest BCUT2D eigenvalue weighted by Crippen LogP contribution is 2.20. The number of halogens is 1. The van der Waals surface area contributed by atoms with Crippen molar-refractivity contribution >= 4 is 28.5 Å². The number of nitrogens with zero attached hydrogens (tertiary/aromatic N) is 1. The molecular weight excluding hydrogens is 328 g/mol. The third kappa shape index (κ3) is 3.58. The molecule has 1 heterocycles. The lowest BCUT2D eigenvalue weighted by Gasteiger charge is -2.20. The molecule has 2 atom stereocenters. The maximum atomic E-state index is 12.2. The summed E-state index contributed by atoms with van der Waals surface area (Å²) in [7, 11) is 0. The SMILES string of the molecule is CC(NC(=O)Cc1noc2ccccc12)C(O)c1ccc(Cl)cc1. The first kappa shape index (κ1) is 16.5. The normalized spacial score (nSPS) is 13.6. The van der Waals surface area contributed by atoms with E-state index in [1.54, 1.807) is 37.3 Å². The molecule has 0 fully saturated rings. The minimum atomic E-state index is -0.819. The predicted molar refractivity (Wildman–Crippen MR) is 91.7 cm³/mol. The quantitative estimate of drug-likeness (QED) is 0.745. The molecule has 0 aliphatic heterocycles. The average Bonchev–Trinajstić information content (AvgIpc) is 2.98. The van der Waals surface area contributed by atoms with Gasteiger partial charge in [0.2, 0.25) is 5.91 Å². The molecule has 0 aliphatic carbocycles. The van der Waals surface area contributed by atoms with Gasteiger partial charge < -0.3 is 14.9 Å². The number of amides is 1. The summed E-state index contributed by atoms with van der Waals surface area (Å²) in [6.07, 6.45) is -0.727. The van der Waals surface area contributed by atoms with Gasteiger partial charge in [0.15, 0.2) is 5.58 Å². The number of aromatic nitrogens is 1. The smallest absolute Gasteiger partial charge is 0.226 e. The highest BCUT2D eigenvalue weighted by molar-refractivity contribution is 6.30. The topological polar surface area (TPSA) is 75.4 Å². The van der Waals surface area contributed by atoms with Gasteiger partial charge in [0.1, 0.15) is 5.69 Å². The molecule has 5 nitrogen and oxygen atoms in total. The van der Waals surface area contributed by atoms with Crippen molar-refractivity contribution in [3.8, 4) is 0 Å². The largest absolute Gasteiger partial charge is 0.386 e. The molecule has 0 saturated carbocycles. The van der Waals surface area contributed by atoms with Gasteiger partial charge in [-0.05, 0) is 36.8 Å². The number of para-hydroxylation sites is 1. The average molecular weight is 345 g/mol. The molecular formula is C18H17ClN2O3. The lowest BCUT2D eigenvalue weighted by atomic mass is 10.0. The van der Waals surface area contributed by atoms with E-state index in [1.165, 1.54) is 0 Å². The van der Waals surface area contributed by atoms with Gasteiger partial charge in [0.05, 0.1) is 18.6 Å². The van der Waals surface area contributed by atoms with Crippen LogP contribution in [0.25, 0.3) is 11.0 Å². The number of nitrogens with one attached hydrogen (secondary N) is 1. The van der Waals surface area contributed by atoms with E-state index in [0.29, 0.717) is 21.9 Å². The van der Waals surface area contributed by atoms with Crippen molar-refractivity contribution in [1.29, 1.82) is 0 Å². The Hall–Kier alpha value is -2.37. The number of hydrogen-bond donors (Lipinski definition) is 2. The summed E-state index contributed by atoms with van der Waals surface area (Å²) in [6, 6.07) is 13.8. The highest BCUT2D eigenvalue weighted by Gasteiger charge is 2.20. The van der Waals surface area contributed by atoms with Gasteiger partial charge in [-0.1, -0.05) is 41.0 Å². The molecule has 0 bridgehead atoms. The second-order valence-electron chi connectivity index (χ2n) is 5.65. The van der Waals surface area contributed by atoms with Gasteiger partial charge in [-0.25, -0.2) is 0 Å². The van der Waals surface area contributed by atoms with Crippen LogP contribution in [-0.4, -0.2) is 22.2 Å². The van der Waals surface area contributed by atoms with Crippen LogP contribution in [0.3, 0.4) is 0 Å². The van der Waals surface area contributed by atoms with E-state index >= 15 is 0 Å². The van der Waals surface area contributed by atoms with Gasteiger partial charge in [0, 0.05) is 10.4 Å². The number of carbonyl (C=O) groups excluding carboxylic acids is 1. The van der Waals surface area contributed by atoms with Crippen LogP contribution in [0.4, 0.5) is 0 Å². The first-order valence-electron chi connectivity index (χ1n) is 7.61. The van der Waals surface area contributed by atoms with Crippen molar-refractivity contribution in [3.63, 3.8) is 0 Å². The summed E-state index contributed by atoms with van der Waals surface area (Å²) in [5, 5.41) is 18.5. The minimum absolute atomic E-state index is 0.0920. The summed E-state index contributed by atoms with van der Waals surface area (Å²) < 4.78 is 5.19. The van der Waals surface area contributed by atoms with E-state index in [9.17, 15) is 9.90 Å². The van der Waals surface area contributed by atoms with Crippen molar-refractivity contribution in [2.75, 3.05) is 0 Å². The van der Waals surface area contributed by atoms with Crippen LogP contribution in [0.5, 0.6) is 0 Å². The summed E-state index contributed by atoms with van der Waals surface area (Å²) in [5.74, 6) is -0.227. The monoisotopic (exact) mass is 344 g/mol. The van der Waals surface area contributed by atoms with Gasteiger partial charge in [0.25, 0.3) is 0 Å². The Morgan fingerprint density at radius 1 is 1.25 bits per heavy atom. The molecule has 2 unspecified atom stereocenters. The number of hydrogen-bond acceptors (Lipinski definition) is 4. The fourth-order valence-electron chi connectivity index (χ4n) is 2.55. The molecule has 2 aromatic carbocycles. The molecule has 0 saturated heterocycles. The molecule has 2 N–H and O–H groups in total. The summed E-state index contributed by atoms with van der Waals surface area (Å²) in [6.45, 7) is 1.75. The van der Waals surface area contributed by atoms with Gasteiger partial charge in [-0.2, -0.15) is 0 Å². The lowest BCUT2D eigenvalue weighted by Crippen LogP contribution is -2.38. The zero-order valence-electron chi connectivity index (χ0n) is 13.1. The minimum Gasteiger partial charge on any atom is -0.386 e. The van der Waals surface area contributed by atoms with E-state index in [-0.39, 0.29) is 12.3 Å². The summed E-state index contributed by atoms with van der Waals surface area (Å²) in [5.41, 5.74) is 1.92. The Morgan fingerprint density at radius 2 is 1.96 bits per heavy atom. The number of fused-ring (bicyclic) bond motifs is 1. The molecule has 3 rings (SSSR count). The van der Waals surface area contributed by atoms with E-state index < -0.39 is 12.1 Å². The first-order valence-corrected chi connectivity index (χ1v) is 7.98. The molecule has 0 spiro atoms. The highest BCUT2D eigenvalue weighted by atomic mass is 35.5. The molecule has 0 aliphatic rings. The Balaban J connectivity index is 1.64. The van der Waals surface area contributed by atoms with E-state index in [2.05, 4.69) is 10.5 Å². The first-order chi connectivity index (χ1) is 11.5. The van der Waals surface area contributed by atoms with Crippen LogP contribution >= 0.6 is 11.6 Å². The van der Waals surface area contributed by atoms with E-state index in [1.807, 2.05) is 18.2 Å². The Bertz CT molecular complexity index is 845. The third-order valence-corrected chi connectivity index (χ3v) is 4.11. The number of benzene rings is 2. The van der Waals surface area contributed by atoms with Gasteiger partial charge >= 0.3 is 0 Å². The van der Waals surface area contributed by atoms with Crippen LogP contribution in [0.15, 0.2) is 53.1 Å². The van der Waals surface area contributed by atoms with Crippen molar-refractivity contribution in [2.24, 2.45) is 0 Å². The molecule has 6 heteroatoms. The van der Waals surface area contributed by atoms with Crippen molar-refractivity contribution in [2.45, 2.75) is 25.5 Å². The number of carbonyl (C=O) groups is 1. The molecule has 1 aromatic heterocycles. The Morgan fingerprint density at radius 3 is 2.71 bits per heavy atom. The zero-order valence-corrected chi connectivity index (χ0v) is 13.8. The van der Waals surface area contributed by atoms with Crippen LogP contribution in [0.2, 0.25) is 5.02 Å². The molecule has 3 aromatic rings. The van der Waals surface area contributed by atoms with Crippen molar-refractivity contribution in [1.82, 2.24) is 10.5 Å². The standard InChI is InChI=1S/C18H17ClN2O3/c1-11(18(23)12-6-8-13(19)9-7-12)20-17(22)10-15-14-4-2-3-5-16(14)24-21-15/h2-9,11,18,23H,10H2,1H3,(H,20,22). The third-order valence-electron chi connectivity index (χ3n) is 3.85. The maximum Gasteiger partial charge on any atom is 0.226 e. The van der Waals surface area contributed by atoms with Crippen molar-refractivity contribution in [3.05, 3.63) is 64.8 Å². The summed E-state index contributed by atoms with van der Waals surface area (Å²) in [4.78, 5) is 12.2. The van der Waals surface area contributed by atoms with Crippen LogP contribution in [0.1, 0.15) is 24.3 Å². The zero-order chi connectivity index (χ0) is 17.1.